The van der Waals surface area contributed by atoms with Gasteiger partial charge < -0.3 is 10.1 Å². The van der Waals surface area contributed by atoms with Crippen LogP contribution in [0.25, 0.3) is 0 Å². The highest BCUT2D eigenvalue weighted by molar-refractivity contribution is 7.89. The van der Waals surface area contributed by atoms with Gasteiger partial charge in [0, 0.05) is 28.7 Å². The maximum Gasteiger partial charge on any atom is 0.413 e. The minimum absolute atomic E-state index is 0.00224. The molecule has 35 heavy (non-hydrogen) atoms. The van der Waals surface area contributed by atoms with Crippen molar-refractivity contribution in [2.24, 2.45) is 0 Å². The maximum atomic E-state index is 13.6. The van der Waals surface area contributed by atoms with Crippen molar-refractivity contribution >= 4 is 39.1 Å². The molecular formula is C23H23Cl2F3N2O4S. The standard InChI is InChI=1S/C23H23Cl2F3N2O4S/c1-4-7-19(22(31)29-13-16-8-5-6-9-18(16)25)30(14-15(2)23(26,27)28)35(32,33)21-12-17(24)10-11-20(21)34-3/h4-6,8-12,19H,1-2,7,13-14H2,3H3,(H,29,31). The number of benzene rings is 2. The summed E-state index contributed by atoms with van der Waals surface area (Å²) < 4.78 is 72.9. The van der Waals surface area contributed by atoms with Crippen molar-refractivity contribution in [3.63, 3.8) is 0 Å². The lowest BCUT2D eigenvalue weighted by Crippen LogP contribution is -2.50. The topological polar surface area (TPSA) is 75.7 Å². The molecule has 2 rings (SSSR count). The smallest absolute Gasteiger partial charge is 0.413 e. The molecule has 0 fully saturated rings. The van der Waals surface area contributed by atoms with E-state index >= 15 is 0 Å². The summed E-state index contributed by atoms with van der Waals surface area (Å²) in [5.41, 5.74) is -0.833. The molecule has 0 bridgehead atoms. The Kier molecular flexibility index (Phi) is 9.79. The Bertz CT molecular complexity index is 1200. The monoisotopic (exact) mass is 550 g/mol. The van der Waals surface area contributed by atoms with Gasteiger partial charge in [0.1, 0.15) is 16.7 Å². The van der Waals surface area contributed by atoms with Crippen LogP contribution in [0.2, 0.25) is 10.0 Å². The Morgan fingerprint density at radius 3 is 2.46 bits per heavy atom. The Hall–Kier alpha value is -2.53. The molecule has 0 radical (unpaired) electrons. The predicted octanol–water partition coefficient (Wildman–Crippen LogP) is 5.37. The molecule has 190 valence electrons. The van der Waals surface area contributed by atoms with Gasteiger partial charge in [0.05, 0.1) is 7.11 Å². The molecule has 0 aliphatic heterocycles. The Balaban J connectivity index is 2.54. The molecule has 0 heterocycles. The van der Waals surface area contributed by atoms with Gasteiger partial charge in [0.2, 0.25) is 15.9 Å². The molecule has 0 aromatic heterocycles. The first-order valence-electron chi connectivity index (χ1n) is 10.0. The number of nitrogens with one attached hydrogen (secondary N) is 1. The maximum absolute atomic E-state index is 13.6. The van der Waals surface area contributed by atoms with E-state index in [2.05, 4.69) is 18.5 Å². The van der Waals surface area contributed by atoms with Crippen LogP contribution in [0.3, 0.4) is 0 Å². The van der Waals surface area contributed by atoms with Gasteiger partial charge in [-0.1, -0.05) is 54.1 Å². The van der Waals surface area contributed by atoms with Crippen molar-refractivity contribution in [2.45, 2.75) is 30.1 Å². The van der Waals surface area contributed by atoms with E-state index in [9.17, 15) is 26.4 Å². The molecule has 0 aliphatic rings. The van der Waals surface area contributed by atoms with Crippen LogP contribution in [0.1, 0.15) is 12.0 Å². The summed E-state index contributed by atoms with van der Waals surface area (Å²) in [6, 6.07) is 8.66. The number of amides is 1. The van der Waals surface area contributed by atoms with Crippen LogP contribution < -0.4 is 10.1 Å². The van der Waals surface area contributed by atoms with Crippen molar-refractivity contribution in [2.75, 3.05) is 13.7 Å². The molecular weight excluding hydrogens is 528 g/mol. The summed E-state index contributed by atoms with van der Waals surface area (Å²) in [5, 5.41) is 2.89. The van der Waals surface area contributed by atoms with Crippen LogP contribution in [-0.2, 0) is 21.4 Å². The van der Waals surface area contributed by atoms with E-state index < -0.39 is 45.2 Å². The van der Waals surface area contributed by atoms with Gasteiger partial charge in [0.15, 0.2) is 0 Å². The summed E-state index contributed by atoms with van der Waals surface area (Å²) in [6.07, 6.45) is -3.96. The molecule has 6 nitrogen and oxygen atoms in total. The number of carbonyl (C=O) groups is 1. The zero-order valence-corrected chi connectivity index (χ0v) is 20.9. The third-order valence-electron chi connectivity index (χ3n) is 4.91. The van der Waals surface area contributed by atoms with Crippen LogP contribution in [0.4, 0.5) is 13.2 Å². The zero-order valence-electron chi connectivity index (χ0n) is 18.6. The second-order valence-corrected chi connectivity index (χ2v) is 10.00. The van der Waals surface area contributed by atoms with Crippen molar-refractivity contribution in [3.8, 4) is 5.75 Å². The number of rotatable bonds is 11. The van der Waals surface area contributed by atoms with Gasteiger partial charge in [-0.2, -0.15) is 17.5 Å². The molecule has 1 amide bonds. The first-order valence-corrected chi connectivity index (χ1v) is 12.2. The van der Waals surface area contributed by atoms with Gasteiger partial charge in [-0.15, -0.1) is 6.58 Å². The lowest BCUT2D eigenvalue weighted by atomic mass is 10.1. The summed E-state index contributed by atoms with van der Waals surface area (Å²) in [7, 11) is -3.56. The SMILES string of the molecule is C=CCC(C(=O)NCc1ccccc1Cl)N(CC(=C)C(F)(F)F)S(=O)(=O)c1cc(Cl)ccc1OC. The second-order valence-electron chi connectivity index (χ2n) is 7.30. The molecule has 0 saturated carbocycles. The number of alkyl halides is 3. The zero-order chi connectivity index (χ0) is 26.4. The number of nitrogens with zero attached hydrogens (tertiary/aromatic N) is 1. The number of carbonyl (C=O) groups excluding carboxylic acids is 1. The average molecular weight is 551 g/mol. The van der Waals surface area contributed by atoms with E-state index in [4.69, 9.17) is 27.9 Å². The van der Waals surface area contributed by atoms with Crippen molar-refractivity contribution in [1.82, 2.24) is 9.62 Å². The molecule has 1 unspecified atom stereocenters. The second kappa shape index (κ2) is 11.9. The van der Waals surface area contributed by atoms with Crippen molar-refractivity contribution in [1.29, 1.82) is 0 Å². The normalized spacial score (nSPS) is 12.8. The number of hydrogen-bond acceptors (Lipinski definition) is 4. The Labute approximate surface area is 212 Å². The predicted molar refractivity (Wildman–Crippen MR) is 129 cm³/mol. The van der Waals surface area contributed by atoms with E-state index in [0.29, 0.717) is 14.9 Å². The molecule has 2 aromatic rings. The van der Waals surface area contributed by atoms with Gasteiger partial charge in [0.25, 0.3) is 0 Å². The third kappa shape index (κ3) is 7.23. The van der Waals surface area contributed by atoms with Crippen LogP contribution >= 0.6 is 23.2 Å². The number of hydrogen-bond donors (Lipinski definition) is 1. The van der Waals surface area contributed by atoms with E-state index in [1.54, 1.807) is 24.3 Å². The van der Waals surface area contributed by atoms with Gasteiger partial charge >= 0.3 is 6.18 Å². The first-order chi connectivity index (χ1) is 16.3. The van der Waals surface area contributed by atoms with E-state index in [0.717, 1.165) is 6.07 Å². The van der Waals surface area contributed by atoms with Crippen molar-refractivity contribution < 1.29 is 31.1 Å². The highest BCUT2D eigenvalue weighted by atomic mass is 35.5. The van der Waals surface area contributed by atoms with Crippen LogP contribution in [0.5, 0.6) is 5.75 Å². The van der Waals surface area contributed by atoms with Crippen LogP contribution in [0, 0.1) is 0 Å². The fourth-order valence-electron chi connectivity index (χ4n) is 3.07. The highest BCUT2D eigenvalue weighted by Gasteiger charge is 2.41. The molecule has 1 atom stereocenters. The van der Waals surface area contributed by atoms with Crippen molar-refractivity contribution in [3.05, 3.63) is 82.9 Å². The lowest BCUT2D eigenvalue weighted by molar-refractivity contribution is -0.125. The van der Waals surface area contributed by atoms with E-state index in [-0.39, 0.29) is 23.7 Å². The molecule has 0 saturated heterocycles. The molecule has 2 aromatic carbocycles. The number of sulfonamides is 1. The summed E-state index contributed by atoms with van der Waals surface area (Å²) in [4.78, 5) is 12.6. The molecule has 1 N–H and O–H groups in total. The summed E-state index contributed by atoms with van der Waals surface area (Å²) >= 11 is 12.0. The number of ether oxygens (including phenoxy) is 1. The minimum atomic E-state index is -4.90. The molecule has 0 aliphatic carbocycles. The lowest BCUT2D eigenvalue weighted by Gasteiger charge is -2.31. The molecule has 12 heteroatoms. The average Bonchev–Trinajstić information content (AvgIpc) is 2.79. The van der Waals surface area contributed by atoms with Gasteiger partial charge in [-0.25, -0.2) is 8.42 Å². The number of methoxy groups -OCH3 is 1. The van der Waals surface area contributed by atoms with Gasteiger partial charge in [-0.3, -0.25) is 4.79 Å². The summed E-state index contributed by atoms with van der Waals surface area (Å²) in [6.45, 7) is 5.20. The molecule has 0 spiro atoms. The van der Waals surface area contributed by atoms with E-state index in [1.807, 2.05) is 0 Å². The quantitative estimate of drug-likeness (QED) is 0.381. The Morgan fingerprint density at radius 2 is 1.89 bits per heavy atom. The Morgan fingerprint density at radius 1 is 1.23 bits per heavy atom. The van der Waals surface area contributed by atoms with Crippen LogP contribution in [-0.4, -0.2) is 44.5 Å². The fourth-order valence-corrected chi connectivity index (χ4v) is 5.29. The summed E-state index contributed by atoms with van der Waals surface area (Å²) in [5.74, 6) is -1.02. The van der Waals surface area contributed by atoms with Gasteiger partial charge in [-0.05, 0) is 36.2 Å². The third-order valence-corrected chi connectivity index (χ3v) is 7.39. The van der Waals surface area contributed by atoms with E-state index in [1.165, 1.54) is 25.3 Å². The minimum Gasteiger partial charge on any atom is -0.495 e. The first kappa shape index (κ1) is 28.7. The van der Waals surface area contributed by atoms with Crippen LogP contribution in [0.15, 0.2) is 72.2 Å². The largest absolute Gasteiger partial charge is 0.495 e. The fraction of sp³-hybridized carbons (Fsp3) is 0.261. The number of halogens is 5. The highest BCUT2D eigenvalue weighted by Crippen LogP contribution is 2.33.